The van der Waals surface area contributed by atoms with Gasteiger partial charge in [-0.25, -0.2) is 0 Å². The van der Waals surface area contributed by atoms with Gasteiger partial charge in [-0.05, 0) is 24.2 Å². The van der Waals surface area contributed by atoms with E-state index >= 15 is 0 Å². The summed E-state index contributed by atoms with van der Waals surface area (Å²) in [4.78, 5) is 0. The monoisotopic (exact) mass is 188 g/mol. The van der Waals surface area contributed by atoms with Gasteiger partial charge in [-0.2, -0.15) is 0 Å². The average molecular weight is 188 g/mol. The lowest BCUT2D eigenvalue weighted by Gasteiger charge is -2.25. The van der Waals surface area contributed by atoms with E-state index in [1.165, 1.54) is 6.42 Å². The summed E-state index contributed by atoms with van der Waals surface area (Å²) >= 11 is 0. The van der Waals surface area contributed by atoms with E-state index in [-0.39, 0.29) is 0 Å². The number of fused-ring (bicyclic) bond motifs is 5. The van der Waals surface area contributed by atoms with Crippen LogP contribution in [0.5, 0.6) is 0 Å². The molecule has 5 atom stereocenters. The van der Waals surface area contributed by atoms with E-state index in [4.69, 9.17) is 4.74 Å². The summed E-state index contributed by atoms with van der Waals surface area (Å²) in [6.45, 7) is 4.37. The first-order valence-corrected chi connectivity index (χ1v) is 5.49. The largest absolute Gasteiger partial charge is 0.370 e. The van der Waals surface area contributed by atoms with E-state index in [1.54, 1.807) is 0 Å². The summed E-state index contributed by atoms with van der Waals surface area (Å²) in [5.74, 6) is 3.07. The molecule has 74 valence electrons. The number of allylic oxidation sites excluding steroid dienone is 3. The van der Waals surface area contributed by atoms with Crippen LogP contribution in [0.1, 0.15) is 6.42 Å². The van der Waals surface area contributed by atoms with Crippen LogP contribution in [0.4, 0.5) is 0 Å². The van der Waals surface area contributed by atoms with Gasteiger partial charge in [0.1, 0.15) is 0 Å². The van der Waals surface area contributed by atoms with E-state index in [0.717, 1.165) is 23.7 Å². The highest BCUT2D eigenvalue weighted by Crippen LogP contribution is 2.53. The molecule has 1 heteroatoms. The molecule has 1 saturated carbocycles. The minimum atomic E-state index is 0.345. The Morgan fingerprint density at radius 2 is 2.07 bits per heavy atom. The molecule has 0 aromatic rings. The fourth-order valence-electron chi connectivity index (χ4n) is 3.34. The quantitative estimate of drug-likeness (QED) is 0.618. The van der Waals surface area contributed by atoms with Gasteiger partial charge in [0, 0.05) is 5.92 Å². The van der Waals surface area contributed by atoms with Crippen molar-refractivity contribution < 1.29 is 4.74 Å². The molecule has 2 unspecified atom stereocenters. The zero-order valence-electron chi connectivity index (χ0n) is 8.30. The van der Waals surface area contributed by atoms with Crippen LogP contribution < -0.4 is 0 Å². The van der Waals surface area contributed by atoms with Crippen LogP contribution in [-0.2, 0) is 4.74 Å². The first-order valence-electron chi connectivity index (χ1n) is 5.49. The lowest BCUT2D eigenvalue weighted by atomic mass is 9.84. The molecule has 3 aliphatic rings. The van der Waals surface area contributed by atoms with Crippen molar-refractivity contribution in [1.82, 2.24) is 0 Å². The molecule has 2 bridgehead atoms. The molecule has 0 aromatic heterocycles. The van der Waals surface area contributed by atoms with Crippen molar-refractivity contribution in [3.8, 4) is 0 Å². The molecule has 14 heavy (non-hydrogen) atoms. The van der Waals surface area contributed by atoms with E-state index in [0.29, 0.717) is 12.7 Å². The van der Waals surface area contributed by atoms with E-state index < -0.39 is 0 Å². The third kappa shape index (κ3) is 1.05. The fraction of sp³-hybridized carbons (Fsp3) is 0.538. The van der Waals surface area contributed by atoms with Crippen molar-refractivity contribution in [2.24, 2.45) is 23.7 Å². The van der Waals surface area contributed by atoms with Crippen LogP contribution in [0, 0.1) is 23.7 Å². The second-order valence-corrected chi connectivity index (χ2v) is 4.57. The molecule has 1 fully saturated rings. The van der Waals surface area contributed by atoms with Gasteiger partial charge < -0.3 is 4.74 Å². The van der Waals surface area contributed by atoms with Crippen LogP contribution in [0.15, 0.2) is 37.0 Å². The van der Waals surface area contributed by atoms with E-state index in [2.05, 4.69) is 30.9 Å². The Morgan fingerprint density at radius 3 is 2.93 bits per heavy atom. The maximum atomic E-state index is 5.78. The van der Waals surface area contributed by atoms with Crippen molar-refractivity contribution in [2.75, 3.05) is 6.61 Å². The van der Waals surface area contributed by atoms with Gasteiger partial charge in [0.05, 0.1) is 12.7 Å². The third-order valence-corrected chi connectivity index (χ3v) is 3.89. The Balaban J connectivity index is 1.76. The third-order valence-electron chi connectivity index (χ3n) is 3.89. The van der Waals surface area contributed by atoms with Crippen LogP contribution in [-0.4, -0.2) is 12.7 Å². The molecular formula is C13H16O. The lowest BCUT2D eigenvalue weighted by Crippen LogP contribution is -2.26. The summed E-state index contributed by atoms with van der Waals surface area (Å²) in [5, 5.41) is 0. The first kappa shape index (κ1) is 8.49. The summed E-state index contributed by atoms with van der Waals surface area (Å²) in [6.07, 6.45) is 12.9. The summed E-state index contributed by atoms with van der Waals surface area (Å²) in [5.41, 5.74) is 0. The van der Waals surface area contributed by atoms with Gasteiger partial charge in [-0.15, -0.1) is 6.58 Å². The molecule has 0 aromatic carbocycles. The Bertz CT molecular complexity index is 302. The first-order chi connectivity index (χ1) is 6.90. The van der Waals surface area contributed by atoms with Gasteiger partial charge >= 0.3 is 0 Å². The predicted molar refractivity (Wildman–Crippen MR) is 56.8 cm³/mol. The maximum Gasteiger partial charge on any atom is 0.0799 e. The molecule has 0 aliphatic heterocycles. The number of hydrogen-bond acceptors (Lipinski definition) is 1. The minimum Gasteiger partial charge on any atom is -0.370 e. The van der Waals surface area contributed by atoms with Gasteiger partial charge in [-0.3, -0.25) is 0 Å². The van der Waals surface area contributed by atoms with Crippen molar-refractivity contribution in [3.05, 3.63) is 37.0 Å². The van der Waals surface area contributed by atoms with Gasteiger partial charge in [-0.1, -0.05) is 30.4 Å². The highest BCUT2D eigenvalue weighted by atomic mass is 16.5. The lowest BCUT2D eigenvalue weighted by molar-refractivity contribution is 0.0531. The van der Waals surface area contributed by atoms with Crippen molar-refractivity contribution >= 4 is 0 Å². The number of rotatable bonds is 3. The standard InChI is InChI=1S/C13H16O/c1-2-7-14-12-6-5-11-9-3-4-10(8-9)13(11)12/h2-6,9-13H,1,7-8H2/t9?,10?,11-,12-,13+/m0/s1. The highest BCUT2D eigenvalue weighted by molar-refractivity contribution is 5.25. The molecule has 0 saturated heterocycles. The van der Waals surface area contributed by atoms with Crippen LogP contribution >= 0.6 is 0 Å². The average Bonchev–Trinajstić information content (AvgIpc) is 2.87. The molecule has 3 aliphatic carbocycles. The molecule has 0 amide bonds. The highest BCUT2D eigenvalue weighted by Gasteiger charge is 2.48. The summed E-state index contributed by atoms with van der Waals surface area (Å²) in [7, 11) is 0. The Labute approximate surface area is 85.1 Å². The van der Waals surface area contributed by atoms with Gasteiger partial charge in [0.15, 0.2) is 0 Å². The summed E-state index contributed by atoms with van der Waals surface area (Å²) in [6, 6.07) is 0. The molecule has 3 rings (SSSR count). The normalized spacial score (nSPS) is 47.3. The summed E-state index contributed by atoms with van der Waals surface area (Å²) < 4.78 is 5.78. The molecular weight excluding hydrogens is 172 g/mol. The Kier molecular flexibility index (Phi) is 1.88. The molecule has 0 N–H and O–H groups in total. The fourth-order valence-corrected chi connectivity index (χ4v) is 3.34. The second-order valence-electron chi connectivity index (χ2n) is 4.57. The van der Waals surface area contributed by atoms with Crippen LogP contribution in [0.25, 0.3) is 0 Å². The Morgan fingerprint density at radius 1 is 1.21 bits per heavy atom. The van der Waals surface area contributed by atoms with Crippen molar-refractivity contribution in [2.45, 2.75) is 12.5 Å². The van der Waals surface area contributed by atoms with Gasteiger partial charge in [0.2, 0.25) is 0 Å². The minimum absolute atomic E-state index is 0.345. The Hall–Kier alpha value is -0.820. The molecule has 1 nitrogen and oxygen atoms in total. The van der Waals surface area contributed by atoms with Crippen LogP contribution in [0.2, 0.25) is 0 Å². The molecule has 0 radical (unpaired) electrons. The second kappa shape index (κ2) is 3.09. The predicted octanol–water partition coefficient (Wildman–Crippen LogP) is 2.57. The smallest absolute Gasteiger partial charge is 0.0799 e. The van der Waals surface area contributed by atoms with Crippen molar-refractivity contribution in [3.63, 3.8) is 0 Å². The molecule has 0 spiro atoms. The van der Waals surface area contributed by atoms with Crippen molar-refractivity contribution in [1.29, 1.82) is 0 Å². The zero-order chi connectivity index (χ0) is 9.54. The maximum absolute atomic E-state index is 5.78. The number of hydrogen-bond donors (Lipinski definition) is 0. The van der Waals surface area contributed by atoms with Gasteiger partial charge in [0.25, 0.3) is 0 Å². The van der Waals surface area contributed by atoms with E-state index in [9.17, 15) is 0 Å². The SMILES string of the molecule is C=CCO[C@H]1C=C[C@H]2C3C=CC(C3)[C@@H]12. The zero-order valence-corrected chi connectivity index (χ0v) is 8.30. The number of ether oxygens (including phenoxy) is 1. The van der Waals surface area contributed by atoms with Crippen LogP contribution in [0.3, 0.4) is 0 Å². The topological polar surface area (TPSA) is 9.23 Å². The molecule has 0 heterocycles. The van der Waals surface area contributed by atoms with E-state index in [1.807, 2.05) is 6.08 Å².